The number of carbonyl (C=O) groups excluding carboxylic acids is 1. The van der Waals surface area contributed by atoms with E-state index in [2.05, 4.69) is 0 Å². The Bertz CT molecular complexity index is 294. The molecule has 0 radical (unpaired) electrons. The lowest BCUT2D eigenvalue weighted by Gasteiger charge is -2.34. The third-order valence-electron chi connectivity index (χ3n) is 3.35. The van der Waals surface area contributed by atoms with E-state index < -0.39 is 24.0 Å². The van der Waals surface area contributed by atoms with E-state index in [1.54, 1.807) is 0 Å². The molecule has 5 heteroatoms. The van der Waals surface area contributed by atoms with Gasteiger partial charge < -0.3 is 10.0 Å². The number of halogens is 1. The number of carboxylic acid groups (broad SMARTS) is 1. The second kappa shape index (κ2) is 3.79. The van der Waals surface area contributed by atoms with E-state index in [0.29, 0.717) is 25.8 Å². The standard InChI is InChI=1S/C10H14FNO3/c11-6-3-4-12(5-6)9(13)7-1-2-8(7)10(14)15/h6-8H,1-5H2,(H,14,15). The number of hydrogen-bond acceptors (Lipinski definition) is 2. The number of amides is 1. The van der Waals surface area contributed by atoms with Gasteiger partial charge in [0.15, 0.2) is 0 Å². The van der Waals surface area contributed by atoms with Crippen molar-refractivity contribution in [1.29, 1.82) is 0 Å². The van der Waals surface area contributed by atoms with Gasteiger partial charge in [0, 0.05) is 6.54 Å². The molecule has 2 fully saturated rings. The minimum Gasteiger partial charge on any atom is -0.481 e. The van der Waals surface area contributed by atoms with Crippen LogP contribution in [0.15, 0.2) is 0 Å². The molecule has 3 unspecified atom stereocenters. The third kappa shape index (κ3) is 1.82. The maximum Gasteiger partial charge on any atom is 0.307 e. The Morgan fingerprint density at radius 1 is 1.20 bits per heavy atom. The van der Waals surface area contributed by atoms with Gasteiger partial charge in [-0.2, -0.15) is 0 Å². The molecule has 0 bridgehead atoms. The van der Waals surface area contributed by atoms with Crippen LogP contribution in [-0.2, 0) is 9.59 Å². The first-order valence-electron chi connectivity index (χ1n) is 5.25. The normalized spacial score (nSPS) is 35.0. The van der Waals surface area contributed by atoms with Crippen molar-refractivity contribution < 1.29 is 19.1 Å². The lowest BCUT2D eigenvalue weighted by Crippen LogP contribution is -2.45. The summed E-state index contributed by atoms with van der Waals surface area (Å²) >= 11 is 0. The Balaban J connectivity index is 1.94. The molecule has 0 aromatic heterocycles. The average Bonchev–Trinajstić information content (AvgIpc) is 2.48. The smallest absolute Gasteiger partial charge is 0.307 e. The Labute approximate surface area is 87.1 Å². The zero-order valence-corrected chi connectivity index (χ0v) is 8.36. The van der Waals surface area contributed by atoms with Crippen molar-refractivity contribution in [2.24, 2.45) is 11.8 Å². The number of alkyl halides is 1. The van der Waals surface area contributed by atoms with Gasteiger partial charge in [-0.3, -0.25) is 9.59 Å². The SMILES string of the molecule is O=C(O)C1CCC1C(=O)N1CCC(F)C1. The van der Waals surface area contributed by atoms with E-state index in [1.165, 1.54) is 4.90 Å². The van der Waals surface area contributed by atoms with E-state index in [0.717, 1.165) is 0 Å². The molecule has 15 heavy (non-hydrogen) atoms. The van der Waals surface area contributed by atoms with Crippen molar-refractivity contribution in [3.05, 3.63) is 0 Å². The monoisotopic (exact) mass is 215 g/mol. The number of carboxylic acids is 1. The predicted molar refractivity (Wildman–Crippen MR) is 49.9 cm³/mol. The number of hydrogen-bond donors (Lipinski definition) is 1. The topological polar surface area (TPSA) is 57.6 Å². The summed E-state index contributed by atoms with van der Waals surface area (Å²) in [6.07, 6.45) is 0.648. The van der Waals surface area contributed by atoms with Crippen LogP contribution in [0.2, 0.25) is 0 Å². The summed E-state index contributed by atoms with van der Waals surface area (Å²) in [5.41, 5.74) is 0. The number of likely N-dealkylation sites (tertiary alicyclic amines) is 1. The fourth-order valence-electron chi connectivity index (χ4n) is 2.24. The van der Waals surface area contributed by atoms with Crippen LogP contribution in [0.4, 0.5) is 4.39 Å². The predicted octanol–water partition coefficient (Wildman–Crippen LogP) is 0.668. The van der Waals surface area contributed by atoms with Crippen LogP contribution in [0.5, 0.6) is 0 Å². The Hall–Kier alpha value is -1.13. The Kier molecular flexibility index (Phi) is 2.63. The van der Waals surface area contributed by atoms with Gasteiger partial charge in [-0.25, -0.2) is 4.39 Å². The molecule has 0 aromatic carbocycles. The van der Waals surface area contributed by atoms with Gasteiger partial charge in [0.25, 0.3) is 0 Å². The number of aliphatic carboxylic acids is 1. The third-order valence-corrected chi connectivity index (χ3v) is 3.35. The summed E-state index contributed by atoms with van der Waals surface area (Å²) < 4.78 is 12.9. The second-order valence-electron chi connectivity index (χ2n) is 4.30. The van der Waals surface area contributed by atoms with Crippen molar-refractivity contribution in [2.75, 3.05) is 13.1 Å². The molecule has 2 rings (SSSR count). The van der Waals surface area contributed by atoms with Crippen molar-refractivity contribution in [1.82, 2.24) is 4.90 Å². The van der Waals surface area contributed by atoms with Gasteiger partial charge >= 0.3 is 5.97 Å². The minimum atomic E-state index is -0.933. The van der Waals surface area contributed by atoms with Crippen LogP contribution in [0.3, 0.4) is 0 Å². The quantitative estimate of drug-likeness (QED) is 0.736. The van der Waals surface area contributed by atoms with Gasteiger partial charge in [0.05, 0.1) is 18.4 Å². The Morgan fingerprint density at radius 3 is 2.27 bits per heavy atom. The first-order chi connectivity index (χ1) is 7.09. The van der Waals surface area contributed by atoms with Gasteiger partial charge in [-0.15, -0.1) is 0 Å². The van der Waals surface area contributed by atoms with E-state index in [4.69, 9.17) is 5.11 Å². The molecule has 0 spiro atoms. The molecule has 1 saturated carbocycles. The number of nitrogens with zero attached hydrogens (tertiary/aromatic N) is 1. The minimum absolute atomic E-state index is 0.141. The molecule has 0 aromatic rings. The molecule has 1 amide bonds. The van der Waals surface area contributed by atoms with E-state index >= 15 is 0 Å². The average molecular weight is 215 g/mol. The molecule has 4 nitrogen and oxygen atoms in total. The first-order valence-corrected chi connectivity index (χ1v) is 5.25. The summed E-state index contributed by atoms with van der Waals surface area (Å²) in [4.78, 5) is 24.0. The molecular weight excluding hydrogens is 201 g/mol. The van der Waals surface area contributed by atoms with E-state index in [9.17, 15) is 14.0 Å². The van der Waals surface area contributed by atoms with Crippen LogP contribution in [0, 0.1) is 11.8 Å². The van der Waals surface area contributed by atoms with E-state index in [-0.39, 0.29) is 12.5 Å². The highest BCUT2D eigenvalue weighted by Gasteiger charge is 2.44. The van der Waals surface area contributed by atoms with Crippen LogP contribution < -0.4 is 0 Å². The summed E-state index contributed by atoms with van der Waals surface area (Å²) in [5, 5.41) is 8.80. The van der Waals surface area contributed by atoms with Crippen LogP contribution in [0.25, 0.3) is 0 Å². The van der Waals surface area contributed by atoms with Gasteiger partial charge in [0.1, 0.15) is 6.17 Å². The molecule has 84 valence electrons. The van der Waals surface area contributed by atoms with Gasteiger partial charge in [0.2, 0.25) is 5.91 Å². The molecule has 1 heterocycles. The zero-order valence-electron chi connectivity index (χ0n) is 8.36. The summed E-state index contributed by atoms with van der Waals surface area (Å²) in [7, 11) is 0. The first kappa shape index (κ1) is 10.4. The molecule has 3 atom stereocenters. The van der Waals surface area contributed by atoms with Gasteiger partial charge in [-0.05, 0) is 19.3 Å². The molecule has 1 aliphatic carbocycles. The summed E-state index contributed by atoms with van der Waals surface area (Å²) in [5.74, 6) is -2.03. The lowest BCUT2D eigenvalue weighted by atomic mass is 9.73. The van der Waals surface area contributed by atoms with Crippen molar-refractivity contribution in [3.63, 3.8) is 0 Å². The molecule has 2 aliphatic rings. The van der Waals surface area contributed by atoms with Crippen LogP contribution in [0.1, 0.15) is 19.3 Å². The number of carbonyl (C=O) groups is 2. The molecular formula is C10H14FNO3. The molecule has 1 aliphatic heterocycles. The fraction of sp³-hybridized carbons (Fsp3) is 0.800. The summed E-state index contributed by atoms with van der Waals surface area (Å²) in [6, 6.07) is 0. The van der Waals surface area contributed by atoms with E-state index in [1.807, 2.05) is 0 Å². The number of rotatable bonds is 2. The Morgan fingerprint density at radius 2 is 1.87 bits per heavy atom. The highest BCUT2D eigenvalue weighted by molar-refractivity contribution is 5.86. The lowest BCUT2D eigenvalue weighted by molar-refractivity contribution is -0.156. The van der Waals surface area contributed by atoms with Crippen molar-refractivity contribution >= 4 is 11.9 Å². The highest BCUT2D eigenvalue weighted by atomic mass is 19.1. The van der Waals surface area contributed by atoms with Crippen molar-refractivity contribution in [2.45, 2.75) is 25.4 Å². The fourth-order valence-corrected chi connectivity index (χ4v) is 2.24. The maximum atomic E-state index is 12.9. The largest absolute Gasteiger partial charge is 0.481 e. The molecule has 1 N–H and O–H groups in total. The van der Waals surface area contributed by atoms with Crippen molar-refractivity contribution in [3.8, 4) is 0 Å². The maximum absolute atomic E-state index is 12.9. The van der Waals surface area contributed by atoms with Crippen LogP contribution >= 0.6 is 0 Å². The second-order valence-corrected chi connectivity index (χ2v) is 4.30. The summed E-state index contributed by atoms with van der Waals surface area (Å²) in [6.45, 7) is 0.574. The van der Waals surface area contributed by atoms with Crippen LogP contribution in [-0.4, -0.2) is 41.1 Å². The highest BCUT2D eigenvalue weighted by Crippen LogP contribution is 2.36. The van der Waals surface area contributed by atoms with Gasteiger partial charge in [-0.1, -0.05) is 0 Å². The zero-order chi connectivity index (χ0) is 11.0. The molecule has 1 saturated heterocycles.